The van der Waals surface area contributed by atoms with E-state index in [9.17, 15) is 0 Å². The molecule has 1 atom stereocenters. The third-order valence-corrected chi connectivity index (χ3v) is 4.08. The van der Waals surface area contributed by atoms with Crippen molar-refractivity contribution in [2.45, 2.75) is 19.2 Å². The normalized spacial score (nSPS) is 12.2. The molecule has 0 aromatic heterocycles. The van der Waals surface area contributed by atoms with E-state index in [1.807, 2.05) is 44.2 Å². The van der Waals surface area contributed by atoms with Crippen LogP contribution < -0.4 is 4.74 Å². The predicted molar refractivity (Wildman–Crippen MR) is 89.2 cm³/mol. The molecule has 1 unspecified atom stereocenters. The van der Waals surface area contributed by atoms with Crippen LogP contribution in [0.4, 0.5) is 0 Å². The molecule has 0 aliphatic rings. The molecule has 106 valence electrons. The fourth-order valence-corrected chi connectivity index (χ4v) is 3.24. The van der Waals surface area contributed by atoms with Crippen molar-refractivity contribution in [2.75, 3.05) is 6.61 Å². The van der Waals surface area contributed by atoms with Gasteiger partial charge in [-0.1, -0.05) is 45.2 Å². The minimum atomic E-state index is -0.300. The first-order valence-corrected chi connectivity index (χ1v) is 7.95. The first-order valence-electron chi connectivity index (χ1n) is 6.34. The summed E-state index contributed by atoms with van der Waals surface area (Å²) in [5.41, 5.74) is 3.05. The van der Waals surface area contributed by atoms with E-state index in [0.717, 1.165) is 26.9 Å². The summed E-state index contributed by atoms with van der Waals surface area (Å²) in [6.45, 7) is 4.61. The second kappa shape index (κ2) is 6.84. The van der Waals surface area contributed by atoms with Gasteiger partial charge in [0.2, 0.25) is 0 Å². The Hall–Kier alpha value is -0.700. The highest BCUT2D eigenvalue weighted by atomic mass is 79.9. The maximum absolute atomic E-state index is 6.63. The molecule has 4 heteroatoms. The Balaban J connectivity index is 2.46. The second-order valence-electron chi connectivity index (χ2n) is 4.54. The van der Waals surface area contributed by atoms with E-state index < -0.39 is 0 Å². The Kier molecular flexibility index (Phi) is 5.36. The van der Waals surface area contributed by atoms with Gasteiger partial charge >= 0.3 is 0 Å². The van der Waals surface area contributed by atoms with Crippen LogP contribution in [0.2, 0.25) is 5.02 Å². The zero-order valence-corrected chi connectivity index (χ0v) is 14.4. The molecule has 2 aromatic rings. The van der Waals surface area contributed by atoms with Crippen molar-refractivity contribution in [2.24, 2.45) is 0 Å². The van der Waals surface area contributed by atoms with E-state index in [1.54, 1.807) is 0 Å². The van der Waals surface area contributed by atoms with Crippen LogP contribution in [0.1, 0.15) is 29.0 Å². The van der Waals surface area contributed by atoms with Crippen LogP contribution in [0.3, 0.4) is 0 Å². The molecule has 0 aliphatic carbocycles. The highest BCUT2D eigenvalue weighted by Crippen LogP contribution is 2.37. The lowest BCUT2D eigenvalue weighted by atomic mass is 10.0. The van der Waals surface area contributed by atoms with Gasteiger partial charge in [-0.05, 0) is 43.7 Å². The van der Waals surface area contributed by atoms with Gasteiger partial charge in [0, 0.05) is 15.1 Å². The molecule has 0 N–H and O–H groups in total. The molecule has 0 saturated carbocycles. The number of hydrogen-bond donors (Lipinski definition) is 0. The lowest BCUT2D eigenvalue weighted by Gasteiger charge is -2.16. The summed E-state index contributed by atoms with van der Waals surface area (Å²) in [5.74, 6) is 0.814. The van der Waals surface area contributed by atoms with Crippen LogP contribution in [0.25, 0.3) is 0 Å². The van der Waals surface area contributed by atoms with E-state index in [2.05, 4.69) is 22.0 Å². The minimum Gasteiger partial charge on any atom is -0.494 e. The van der Waals surface area contributed by atoms with Crippen molar-refractivity contribution < 1.29 is 4.74 Å². The highest BCUT2D eigenvalue weighted by molar-refractivity contribution is 9.10. The van der Waals surface area contributed by atoms with Crippen LogP contribution in [-0.4, -0.2) is 6.61 Å². The van der Waals surface area contributed by atoms with Gasteiger partial charge in [-0.2, -0.15) is 0 Å². The van der Waals surface area contributed by atoms with E-state index in [0.29, 0.717) is 11.6 Å². The van der Waals surface area contributed by atoms with E-state index >= 15 is 0 Å². The number of ether oxygens (including phenoxy) is 1. The van der Waals surface area contributed by atoms with Gasteiger partial charge in [0.25, 0.3) is 0 Å². The van der Waals surface area contributed by atoms with Gasteiger partial charge < -0.3 is 4.74 Å². The van der Waals surface area contributed by atoms with Gasteiger partial charge in [-0.25, -0.2) is 0 Å². The SMILES string of the molecule is CCOc1ccc(C)cc1C(Cl)c1cc(Cl)cc(Br)c1. The van der Waals surface area contributed by atoms with Gasteiger partial charge in [-0.3, -0.25) is 0 Å². The van der Waals surface area contributed by atoms with Crippen molar-refractivity contribution in [1.29, 1.82) is 0 Å². The second-order valence-corrected chi connectivity index (χ2v) is 6.33. The first-order chi connectivity index (χ1) is 9.51. The molecule has 20 heavy (non-hydrogen) atoms. The summed E-state index contributed by atoms with van der Waals surface area (Å²) in [4.78, 5) is 0. The Morgan fingerprint density at radius 2 is 1.95 bits per heavy atom. The Labute approximate surface area is 138 Å². The fourth-order valence-electron chi connectivity index (χ4n) is 2.05. The van der Waals surface area contributed by atoms with E-state index in [-0.39, 0.29) is 5.38 Å². The Morgan fingerprint density at radius 3 is 2.60 bits per heavy atom. The monoisotopic (exact) mass is 372 g/mol. The lowest BCUT2D eigenvalue weighted by molar-refractivity contribution is 0.337. The maximum Gasteiger partial charge on any atom is 0.124 e. The summed E-state index contributed by atoms with van der Waals surface area (Å²) in [5, 5.41) is 0.358. The molecule has 0 spiro atoms. The van der Waals surface area contributed by atoms with Crippen molar-refractivity contribution in [3.63, 3.8) is 0 Å². The summed E-state index contributed by atoms with van der Waals surface area (Å²) in [6, 6.07) is 11.7. The summed E-state index contributed by atoms with van der Waals surface area (Å²) >= 11 is 16.2. The van der Waals surface area contributed by atoms with Gasteiger partial charge in [0.1, 0.15) is 5.75 Å². The highest BCUT2D eigenvalue weighted by Gasteiger charge is 2.17. The number of alkyl halides is 1. The maximum atomic E-state index is 6.63. The molecule has 2 aromatic carbocycles. The molecule has 0 fully saturated rings. The quantitative estimate of drug-likeness (QED) is 0.585. The minimum absolute atomic E-state index is 0.300. The third-order valence-electron chi connectivity index (χ3n) is 2.92. The van der Waals surface area contributed by atoms with Crippen LogP contribution in [0.15, 0.2) is 40.9 Å². The molecule has 2 rings (SSSR count). The first kappa shape index (κ1) is 15.7. The van der Waals surface area contributed by atoms with E-state index in [4.69, 9.17) is 27.9 Å². The number of benzene rings is 2. The molecule has 1 nitrogen and oxygen atoms in total. The fraction of sp³-hybridized carbons (Fsp3) is 0.250. The lowest BCUT2D eigenvalue weighted by Crippen LogP contribution is -2.01. The zero-order valence-electron chi connectivity index (χ0n) is 11.3. The zero-order chi connectivity index (χ0) is 14.7. The van der Waals surface area contributed by atoms with Crippen LogP contribution >= 0.6 is 39.1 Å². The number of rotatable bonds is 4. The molecule has 0 bridgehead atoms. The van der Waals surface area contributed by atoms with Gasteiger partial charge in [0.15, 0.2) is 0 Å². The molecular formula is C16H15BrCl2O. The van der Waals surface area contributed by atoms with Crippen molar-refractivity contribution >= 4 is 39.1 Å². The molecule has 0 radical (unpaired) electrons. The standard InChI is InChI=1S/C16H15BrCl2O/c1-3-20-15-5-4-10(2)6-14(15)16(19)11-7-12(17)9-13(18)8-11/h4-9,16H,3H2,1-2H3. The smallest absolute Gasteiger partial charge is 0.124 e. The average Bonchev–Trinajstić information content (AvgIpc) is 2.39. The molecule has 0 heterocycles. The largest absolute Gasteiger partial charge is 0.494 e. The van der Waals surface area contributed by atoms with Gasteiger partial charge in [0.05, 0.1) is 12.0 Å². The van der Waals surface area contributed by atoms with Crippen molar-refractivity contribution in [3.8, 4) is 5.75 Å². The summed E-state index contributed by atoms with van der Waals surface area (Å²) in [6.07, 6.45) is 0. The number of aryl methyl sites for hydroxylation is 1. The molecule has 0 amide bonds. The number of hydrogen-bond acceptors (Lipinski definition) is 1. The van der Waals surface area contributed by atoms with Gasteiger partial charge in [-0.15, -0.1) is 11.6 Å². The van der Waals surface area contributed by atoms with E-state index in [1.165, 1.54) is 0 Å². The van der Waals surface area contributed by atoms with Crippen LogP contribution in [0, 0.1) is 6.92 Å². The van der Waals surface area contributed by atoms with Crippen LogP contribution in [-0.2, 0) is 0 Å². The Bertz CT molecular complexity index is 593. The molecule has 0 aliphatic heterocycles. The molecule has 0 saturated heterocycles. The summed E-state index contributed by atoms with van der Waals surface area (Å²) in [7, 11) is 0. The van der Waals surface area contributed by atoms with Crippen LogP contribution in [0.5, 0.6) is 5.75 Å². The summed E-state index contributed by atoms with van der Waals surface area (Å²) < 4.78 is 6.58. The topological polar surface area (TPSA) is 9.23 Å². The average molecular weight is 374 g/mol. The van der Waals surface area contributed by atoms with Crippen molar-refractivity contribution in [3.05, 3.63) is 62.6 Å². The van der Waals surface area contributed by atoms with Crippen molar-refractivity contribution in [1.82, 2.24) is 0 Å². The number of halogens is 3. The predicted octanol–water partition coefficient (Wildman–Crippen LogP) is 6.14. The Morgan fingerprint density at radius 1 is 1.20 bits per heavy atom. The third kappa shape index (κ3) is 3.69. The molecular weight excluding hydrogens is 359 g/mol.